The smallest absolute Gasteiger partial charge is 0.294 e. The number of benzene rings is 1. The van der Waals surface area contributed by atoms with Crippen LogP contribution < -0.4 is 16.6 Å². The van der Waals surface area contributed by atoms with Crippen molar-refractivity contribution >= 4 is 17.3 Å². The first kappa shape index (κ1) is 14.5. The van der Waals surface area contributed by atoms with Crippen LogP contribution in [-0.4, -0.2) is 27.3 Å². The monoisotopic (exact) mass is 290 g/mol. The molecule has 9 nitrogen and oxygen atoms in total. The average molecular weight is 290 g/mol. The Labute approximate surface area is 119 Å². The minimum absolute atomic E-state index is 0.0157. The molecule has 2 rings (SSSR count). The Balaban J connectivity index is 2.08. The van der Waals surface area contributed by atoms with E-state index >= 15 is 0 Å². The number of amides is 1. The van der Waals surface area contributed by atoms with Crippen LogP contribution in [0, 0.1) is 10.1 Å². The Morgan fingerprint density at radius 3 is 2.90 bits per heavy atom. The van der Waals surface area contributed by atoms with Gasteiger partial charge in [-0.05, 0) is 6.07 Å². The normalized spacial score (nSPS) is 10.1. The van der Waals surface area contributed by atoms with E-state index in [0.29, 0.717) is 13.0 Å². The second kappa shape index (κ2) is 6.48. The summed E-state index contributed by atoms with van der Waals surface area (Å²) in [7, 11) is 0. The molecule has 0 aliphatic heterocycles. The minimum Gasteiger partial charge on any atom is -0.352 e. The number of aromatic amines is 1. The van der Waals surface area contributed by atoms with E-state index in [0.717, 1.165) is 5.82 Å². The summed E-state index contributed by atoms with van der Waals surface area (Å²) in [6.45, 7) is 0.346. The van der Waals surface area contributed by atoms with Gasteiger partial charge in [-0.15, -0.1) is 0 Å². The molecule has 5 N–H and O–H groups in total. The summed E-state index contributed by atoms with van der Waals surface area (Å²) in [6, 6.07) is 4.17. The molecule has 1 aromatic heterocycles. The third kappa shape index (κ3) is 3.34. The molecule has 1 amide bonds. The Bertz CT molecular complexity index is 640. The summed E-state index contributed by atoms with van der Waals surface area (Å²) >= 11 is 0. The lowest BCUT2D eigenvalue weighted by atomic mass is 10.1. The van der Waals surface area contributed by atoms with Gasteiger partial charge in [0.25, 0.3) is 11.6 Å². The van der Waals surface area contributed by atoms with Crippen LogP contribution >= 0.6 is 0 Å². The number of para-hydroxylation sites is 1. The number of hydrogen-bond donors (Lipinski definition) is 4. The van der Waals surface area contributed by atoms with Crippen molar-refractivity contribution in [1.82, 2.24) is 15.3 Å². The fourth-order valence-electron chi connectivity index (χ4n) is 1.86. The first-order valence-corrected chi connectivity index (χ1v) is 6.14. The molecule has 9 heteroatoms. The summed E-state index contributed by atoms with van der Waals surface area (Å²) in [5.74, 6) is 5.58. The lowest BCUT2D eigenvalue weighted by Crippen LogP contribution is -2.27. The van der Waals surface area contributed by atoms with Crippen LogP contribution in [0.2, 0.25) is 0 Å². The Morgan fingerprint density at radius 1 is 1.48 bits per heavy atom. The number of hydrogen-bond acceptors (Lipinski definition) is 6. The number of hydrazine groups is 1. The number of anilines is 1. The highest BCUT2D eigenvalue weighted by Crippen LogP contribution is 2.27. The third-order valence-electron chi connectivity index (χ3n) is 2.83. The number of nitrogens with zero attached hydrogens (tertiary/aromatic N) is 2. The molecule has 0 fully saturated rings. The van der Waals surface area contributed by atoms with E-state index in [1.165, 1.54) is 18.2 Å². The van der Waals surface area contributed by atoms with Gasteiger partial charge in [-0.2, -0.15) is 0 Å². The van der Waals surface area contributed by atoms with Gasteiger partial charge in [-0.1, -0.05) is 6.07 Å². The van der Waals surface area contributed by atoms with Crippen LogP contribution in [0.25, 0.3) is 0 Å². The molecule has 0 bridgehead atoms. The van der Waals surface area contributed by atoms with Gasteiger partial charge in [0.15, 0.2) is 0 Å². The zero-order chi connectivity index (χ0) is 15.2. The molecule has 110 valence electrons. The highest BCUT2D eigenvalue weighted by atomic mass is 16.6. The number of nitro groups is 1. The molecule has 0 spiro atoms. The highest BCUT2D eigenvalue weighted by Gasteiger charge is 2.20. The average Bonchev–Trinajstić information content (AvgIpc) is 2.99. The maximum atomic E-state index is 12.1. The second-order valence-corrected chi connectivity index (χ2v) is 4.14. The number of nitrogens with two attached hydrogens (primary N) is 1. The molecule has 1 aromatic carbocycles. The lowest BCUT2D eigenvalue weighted by molar-refractivity contribution is -0.384. The van der Waals surface area contributed by atoms with Crippen LogP contribution in [0.4, 0.5) is 11.4 Å². The van der Waals surface area contributed by atoms with E-state index in [1.807, 2.05) is 0 Å². The quantitative estimate of drug-likeness (QED) is 0.348. The number of carbonyl (C=O) groups excluding carboxylic acids is 1. The third-order valence-corrected chi connectivity index (χ3v) is 2.83. The van der Waals surface area contributed by atoms with E-state index in [4.69, 9.17) is 5.84 Å². The van der Waals surface area contributed by atoms with Crippen LogP contribution in [0.3, 0.4) is 0 Å². The van der Waals surface area contributed by atoms with Crippen molar-refractivity contribution in [2.24, 2.45) is 5.84 Å². The van der Waals surface area contributed by atoms with E-state index in [1.54, 1.807) is 12.4 Å². The summed E-state index contributed by atoms with van der Waals surface area (Å²) in [4.78, 5) is 29.3. The predicted octanol–water partition coefficient (Wildman–Crippen LogP) is 0.576. The standard InChI is InChI=1S/C12H14N6O3/c13-17-11-8(2-1-3-9(11)18(20)21)12(19)16-5-4-10-14-6-7-15-10/h1-3,6-7,17H,4-5,13H2,(H,14,15)(H,16,19). The van der Waals surface area contributed by atoms with Crippen molar-refractivity contribution in [3.63, 3.8) is 0 Å². The first-order valence-electron chi connectivity index (χ1n) is 6.14. The van der Waals surface area contributed by atoms with Gasteiger partial charge in [0.05, 0.1) is 10.5 Å². The number of nitrogens with one attached hydrogen (secondary N) is 3. The molecular formula is C12H14N6O3. The maximum Gasteiger partial charge on any atom is 0.294 e. The number of rotatable bonds is 6. The Morgan fingerprint density at radius 2 is 2.29 bits per heavy atom. The second-order valence-electron chi connectivity index (χ2n) is 4.14. The Hall–Kier alpha value is -2.94. The molecule has 0 atom stereocenters. The van der Waals surface area contributed by atoms with Gasteiger partial charge in [0.1, 0.15) is 11.5 Å². The predicted molar refractivity (Wildman–Crippen MR) is 75.5 cm³/mol. The number of nitrogen functional groups attached to an aromatic ring is 1. The fraction of sp³-hybridized carbons (Fsp3) is 0.167. The van der Waals surface area contributed by atoms with Gasteiger partial charge in [-0.3, -0.25) is 20.8 Å². The molecule has 0 aliphatic carbocycles. The fourth-order valence-corrected chi connectivity index (χ4v) is 1.86. The highest BCUT2D eigenvalue weighted by molar-refractivity contribution is 6.01. The SMILES string of the molecule is NNc1c(C(=O)NCCc2ncc[nH]2)cccc1[N+](=O)[O-]. The van der Waals surface area contributed by atoms with E-state index < -0.39 is 10.8 Å². The molecule has 0 unspecified atom stereocenters. The van der Waals surface area contributed by atoms with E-state index in [-0.39, 0.29) is 16.9 Å². The topological polar surface area (TPSA) is 139 Å². The number of aromatic nitrogens is 2. The molecule has 0 saturated heterocycles. The molecule has 0 saturated carbocycles. The van der Waals surface area contributed by atoms with Crippen molar-refractivity contribution in [2.75, 3.05) is 12.0 Å². The summed E-state index contributed by atoms with van der Waals surface area (Å²) in [5, 5.41) is 13.6. The Kier molecular flexibility index (Phi) is 4.46. The van der Waals surface area contributed by atoms with Crippen LogP contribution in [-0.2, 0) is 6.42 Å². The molecule has 1 heterocycles. The van der Waals surface area contributed by atoms with Gasteiger partial charge >= 0.3 is 0 Å². The molecule has 2 aromatic rings. The van der Waals surface area contributed by atoms with E-state index in [2.05, 4.69) is 20.7 Å². The van der Waals surface area contributed by atoms with Crippen molar-refractivity contribution in [3.05, 3.63) is 52.1 Å². The van der Waals surface area contributed by atoms with Crippen molar-refractivity contribution < 1.29 is 9.72 Å². The van der Waals surface area contributed by atoms with Crippen LogP contribution in [0.5, 0.6) is 0 Å². The summed E-state index contributed by atoms with van der Waals surface area (Å²) < 4.78 is 0. The molecule has 21 heavy (non-hydrogen) atoms. The van der Waals surface area contributed by atoms with Crippen LogP contribution in [0.15, 0.2) is 30.6 Å². The van der Waals surface area contributed by atoms with Crippen molar-refractivity contribution in [1.29, 1.82) is 0 Å². The zero-order valence-corrected chi connectivity index (χ0v) is 11.0. The van der Waals surface area contributed by atoms with Crippen LogP contribution in [0.1, 0.15) is 16.2 Å². The maximum absolute atomic E-state index is 12.1. The number of nitro benzene ring substituents is 1. The lowest BCUT2D eigenvalue weighted by Gasteiger charge is -2.09. The van der Waals surface area contributed by atoms with Crippen molar-refractivity contribution in [3.8, 4) is 0 Å². The zero-order valence-electron chi connectivity index (χ0n) is 11.0. The minimum atomic E-state index is -0.602. The van der Waals surface area contributed by atoms with Crippen molar-refractivity contribution in [2.45, 2.75) is 6.42 Å². The number of H-pyrrole nitrogens is 1. The van der Waals surface area contributed by atoms with E-state index in [9.17, 15) is 14.9 Å². The number of imidazole rings is 1. The molecule has 0 aliphatic rings. The molecule has 0 radical (unpaired) electrons. The van der Waals surface area contributed by atoms with Gasteiger partial charge < -0.3 is 15.7 Å². The molecular weight excluding hydrogens is 276 g/mol. The summed E-state index contributed by atoms with van der Waals surface area (Å²) in [6.07, 6.45) is 3.83. The summed E-state index contributed by atoms with van der Waals surface area (Å²) in [5.41, 5.74) is 2.06. The largest absolute Gasteiger partial charge is 0.352 e. The van der Waals surface area contributed by atoms with Gasteiger partial charge in [0.2, 0.25) is 0 Å². The number of carbonyl (C=O) groups is 1. The van der Waals surface area contributed by atoms with Gasteiger partial charge in [0, 0.05) is 31.4 Å². The first-order chi connectivity index (χ1) is 10.1. The van der Waals surface area contributed by atoms with Gasteiger partial charge in [-0.25, -0.2) is 4.98 Å².